The predicted octanol–water partition coefficient (Wildman–Crippen LogP) is 2.52. The number of guanidine groups is 1. The Morgan fingerprint density at radius 3 is 2.70 bits per heavy atom. The highest BCUT2D eigenvalue weighted by Gasteiger charge is 2.20. The zero-order valence-corrected chi connectivity index (χ0v) is 16.2. The number of halogens is 1. The summed E-state index contributed by atoms with van der Waals surface area (Å²) in [6, 6.07) is 7.69. The van der Waals surface area contributed by atoms with Crippen LogP contribution in [0.2, 0.25) is 0 Å². The van der Waals surface area contributed by atoms with Crippen LogP contribution in [0.1, 0.15) is 42.1 Å². The van der Waals surface area contributed by atoms with E-state index in [2.05, 4.69) is 20.9 Å². The number of carbonyl (C=O) groups excluding carboxylic acids is 1. The smallest absolute Gasteiger partial charge is 0.251 e. The van der Waals surface area contributed by atoms with Gasteiger partial charge in [0, 0.05) is 32.2 Å². The van der Waals surface area contributed by atoms with Crippen LogP contribution >= 0.6 is 24.0 Å². The van der Waals surface area contributed by atoms with Gasteiger partial charge in [0.25, 0.3) is 5.91 Å². The molecule has 0 aromatic heterocycles. The maximum atomic E-state index is 12.0. The van der Waals surface area contributed by atoms with Gasteiger partial charge in [0.2, 0.25) is 0 Å². The Morgan fingerprint density at radius 1 is 1.26 bits per heavy atom. The fourth-order valence-corrected chi connectivity index (χ4v) is 2.13. The summed E-state index contributed by atoms with van der Waals surface area (Å²) in [4.78, 5) is 16.2. The van der Waals surface area contributed by atoms with Crippen LogP contribution in [0.25, 0.3) is 0 Å². The van der Waals surface area contributed by atoms with Crippen molar-refractivity contribution in [3.8, 4) is 0 Å². The normalized spacial score (nSPS) is 13.9. The van der Waals surface area contributed by atoms with Gasteiger partial charge in [0.1, 0.15) is 0 Å². The molecule has 0 aliphatic heterocycles. The lowest BCUT2D eigenvalue weighted by Crippen LogP contribution is -2.37. The first-order valence-electron chi connectivity index (χ1n) is 8.04. The third kappa shape index (κ3) is 7.20. The second kappa shape index (κ2) is 10.5. The molecule has 0 spiro atoms. The van der Waals surface area contributed by atoms with Crippen LogP contribution in [-0.2, 0) is 6.54 Å². The van der Waals surface area contributed by atoms with Crippen LogP contribution in [0.15, 0.2) is 29.3 Å². The second-order valence-electron chi connectivity index (χ2n) is 5.71. The van der Waals surface area contributed by atoms with Gasteiger partial charge in [0.05, 0.1) is 0 Å². The van der Waals surface area contributed by atoms with Crippen LogP contribution in [0.3, 0.4) is 0 Å². The van der Waals surface area contributed by atoms with Gasteiger partial charge in [-0.2, -0.15) is 0 Å². The summed E-state index contributed by atoms with van der Waals surface area (Å²) in [6.45, 7) is 4.39. The molecule has 1 saturated carbocycles. The van der Waals surface area contributed by atoms with Gasteiger partial charge in [0.15, 0.2) is 5.96 Å². The Kier molecular flexibility index (Phi) is 8.98. The minimum Gasteiger partial charge on any atom is -0.356 e. The Hall–Kier alpha value is -1.31. The highest BCUT2D eigenvalue weighted by Crippen LogP contribution is 2.27. The van der Waals surface area contributed by atoms with Crippen LogP contribution in [-0.4, -0.2) is 32.0 Å². The van der Waals surface area contributed by atoms with Gasteiger partial charge in [-0.3, -0.25) is 9.79 Å². The van der Waals surface area contributed by atoms with Gasteiger partial charge in [-0.05, 0) is 42.9 Å². The van der Waals surface area contributed by atoms with Crippen molar-refractivity contribution in [3.05, 3.63) is 35.4 Å². The number of benzene rings is 1. The molecular weight excluding hydrogens is 403 g/mol. The van der Waals surface area contributed by atoms with Crippen LogP contribution in [0, 0.1) is 5.92 Å². The first kappa shape index (κ1) is 19.7. The molecule has 1 aliphatic rings. The first-order valence-corrected chi connectivity index (χ1v) is 8.04. The molecule has 1 amide bonds. The Balaban J connectivity index is 0.00000264. The van der Waals surface area contributed by atoms with E-state index in [9.17, 15) is 4.79 Å². The zero-order valence-electron chi connectivity index (χ0n) is 13.9. The van der Waals surface area contributed by atoms with Crippen molar-refractivity contribution in [2.75, 3.05) is 20.1 Å². The van der Waals surface area contributed by atoms with E-state index in [1.807, 2.05) is 31.2 Å². The summed E-state index contributed by atoms with van der Waals surface area (Å²) >= 11 is 0. The highest BCUT2D eigenvalue weighted by molar-refractivity contribution is 14.0. The van der Waals surface area contributed by atoms with Crippen molar-refractivity contribution in [2.45, 2.75) is 32.7 Å². The summed E-state index contributed by atoms with van der Waals surface area (Å²) < 4.78 is 0. The van der Waals surface area contributed by atoms with Crippen LogP contribution in [0.4, 0.5) is 0 Å². The van der Waals surface area contributed by atoms with Crippen molar-refractivity contribution in [1.29, 1.82) is 0 Å². The monoisotopic (exact) mass is 430 g/mol. The number of amides is 1. The lowest BCUT2D eigenvalue weighted by atomic mass is 10.1. The Morgan fingerprint density at radius 2 is 2.04 bits per heavy atom. The number of hydrogen-bond acceptors (Lipinski definition) is 2. The van der Waals surface area contributed by atoms with E-state index in [1.54, 1.807) is 7.05 Å². The van der Waals surface area contributed by atoms with Gasteiger partial charge in [-0.15, -0.1) is 24.0 Å². The summed E-state index contributed by atoms with van der Waals surface area (Å²) in [5.41, 5.74) is 1.77. The summed E-state index contributed by atoms with van der Waals surface area (Å²) in [7, 11) is 1.77. The van der Waals surface area contributed by atoms with E-state index in [0.29, 0.717) is 18.7 Å². The first-order chi connectivity index (χ1) is 10.7. The van der Waals surface area contributed by atoms with Crippen molar-refractivity contribution in [2.24, 2.45) is 10.9 Å². The zero-order chi connectivity index (χ0) is 15.8. The van der Waals surface area contributed by atoms with Gasteiger partial charge >= 0.3 is 0 Å². The molecule has 3 N–H and O–H groups in total. The molecule has 1 aromatic carbocycles. The molecule has 6 heteroatoms. The average Bonchev–Trinajstić information content (AvgIpc) is 3.37. The van der Waals surface area contributed by atoms with E-state index in [1.165, 1.54) is 12.8 Å². The Labute approximate surface area is 155 Å². The number of aliphatic imine (C=N–C) groups is 1. The fraction of sp³-hybridized carbons (Fsp3) is 0.529. The molecule has 23 heavy (non-hydrogen) atoms. The largest absolute Gasteiger partial charge is 0.356 e. The summed E-state index contributed by atoms with van der Waals surface area (Å²) in [5.74, 6) is 1.61. The van der Waals surface area contributed by atoms with E-state index in [0.717, 1.165) is 30.4 Å². The summed E-state index contributed by atoms with van der Waals surface area (Å²) in [6.07, 6.45) is 3.58. The maximum Gasteiger partial charge on any atom is 0.251 e. The molecule has 0 heterocycles. The SMILES string of the molecule is CCCNC(=O)c1cccc(CNC(=NC)NCC2CC2)c1.I. The maximum absolute atomic E-state index is 12.0. The number of nitrogens with zero attached hydrogens (tertiary/aromatic N) is 1. The minimum atomic E-state index is -0.0139. The molecule has 5 nitrogen and oxygen atoms in total. The summed E-state index contributed by atoms with van der Waals surface area (Å²) in [5, 5.41) is 9.51. The number of carbonyl (C=O) groups is 1. The minimum absolute atomic E-state index is 0. The van der Waals surface area contributed by atoms with Gasteiger partial charge in [-0.25, -0.2) is 0 Å². The molecule has 1 fully saturated rings. The molecule has 0 unspecified atom stereocenters. The quantitative estimate of drug-likeness (QED) is 0.354. The molecule has 0 bridgehead atoms. The van der Waals surface area contributed by atoms with E-state index >= 15 is 0 Å². The predicted molar refractivity (Wildman–Crippen MR) is 105 cm³/mol. The molecule has 0 atom stereocenters. The molecule has 1 aliphatic carbocycles. The number of rotatable bonds is 7. The third-order valence-corrected chi connectivity index (χ3v) is 3.66. The third-order valence-electron chi connectivity index (χ3n) is 3.66. The lowest BCUT2D eigenvalue weighted by molar-refractivity contribution is 0.0953. The van der Waals surface area contributed by atoms with Crippen molar-refractivity contribution in [3.63, 3.8) is 0 Å². The Bertz CT molecular complexity index is 529. The van der Waals surface area contributed by atoms with E-state index < -0.39 is 0 Å². The second-order valence-corrected chi connectivity index (χ2v) is 5.71. The van der Waals surface area contributed by atoms with Crippen molar-refractivity contribution in [1.82, 2.24) is 16.0 Å². The van der Waals surface area contributed by atoms with Gasteiger partial charge < -0.3 is 16.0 Å². The number of nitrogens with one attached hydrogen (secondary N) is 3. The fourth-order valence-electron chi connectivity index (χ4n) is 2.13. The van der Waals surface area contributed by atoms with Crippen LogP contribution in [0.5, 0.6) is 0 Å². The van der Waals surface area contributed by atoms with Crippen molar-refractivity contribution < 1.29 is 4.79 Å². The molecule has 128 valence electrons. The van der Waals surface area contributed by atoms with E-state index in [4.69, 9.17) is 0 Å². The molecule has 1 aromatic rings. The molecule has 0 radical (unpaired) electrons. The standard InChI is InChI=1S/C17H26N4O.HI/c1-3-9-19-16(22)15-6-4-5-14(10-15)12-21-17(18-2)20-11-13-7-8-13;/h4-6,10,13H,3,7-9,11-12H2,1-2H3,(H,19,22)(H2,18,20,21);1H. The molecular formula is C17H27IN4O. The van der Waals surface area contributed by atoms with Gasteiger partial charge in [-0.1, -0.05) is 19.1 Å². The highest BCUT2D eigenvalue weighted by atomic mass is 127. The molecule has 0 saturated heterocycles. The van der Waals surface area contributed by atoms with Crippen molar-refractivity contribution >= 4 is 35.8 Å². The topological polar surface area (TPSA) is 65.5 Å². The number of hydrogen-bond donors (Lipinski definition) is 3. The van der Waals surface area contributed by atoms with E-state index in [-0.39, 0.29) is 29.9 Å². The lowest BCUT2D eigenvalue weighted by Gasteiger charge is -2.12. The van der Waals surface area contributed by atoms with Crippen LogP contribution < -0.4 is 16.0 Å². The average molecular weight is 430 g/mol. The molecule has 2 rings (SSSR count).